The van der Waals surface area contributed by atoms with Gasteiger partial charge in [-0.3, -0.25) is 0 Å². The number of aromatic nitrogens is 3. The molecule has 0 aromatic carbocycles. The molecule has 0 bridgehead atoms. The molecule has 2 aromatic rings. The van der Waals surface area contributed by atoms with Crippen molar-refractivity contribution in [3.8, 4) is 0 Å². The summed E-state index contributed by atoms with van der Waals surface area (Å²) < 4.78 is 1.77. The average molecular weight is 176 g/mol. The van der Waals surface area contributed by atoms with Crippen molar-refractivity contribution in [1.29, 1.82) is 0 Å². The van der Waals surface area contributed by atoms with Crippen molar-refractivity contribution in [3.63, 3.8) is 0 Å². The lowest BCUT2D eigenvalue weighted by Gasteiger charge is -2.08. The van der Waals surface area contributed by atoms with E-state index in [2.05, 4.69) is 17.0 Å². The zero-order valence-electron chi connectivity index (χ0n) is 7.51. The molecule has 0 radical (unpaired) electrons. The molecule has 2 aromatic heterocycles. The fourth-order valence-electron chi connectivity index (χ4n) is 1.38. The molecule has 0 saturated carbocycles. The number of hydrogen-bond donors (Lipinski definition) is 1. The lowest BCUT2D eigenvalue weighted by molar-refractivity contribution is 0.770. The number of pyridine rings is 1. The Bertz CT molecular complexity index is 407. The van der Waals surface area contributed by atoms with E-state index in [1.54, 1.807) is 10.8 Å². The first-order chi connectivity index (χ1) is 6.33. The van der Waals surface area contributed by atoms with Crippen molar-refractivity contribution in [2.24, 2.45) is 5.73 Å². The van der Waals surface area contributed by atoms with Gasteiger partial charge in [0.05, 0.1) is 0 Å². The Kier molecular flexibility index (Phi) is 1.98. The number of nitrogens with two attached hydrogens (primary N) is 1. The summed E-state index contributed by atoms with van der Waals surface area (Å²) in [6, 6.07) is 4.00. The standard InChI is InChI=1S/C9H12N4/c1-7(5-10)8-3-2-4-13-9(8)11-6-12-13/h2-4,6-7H,5,10H2,1H3. The predicted octanol–water partition coefficient (Wildman–Crippen LogP) is 0.792. The molecule has 0 saturated heterocycles. The van der Waals surface area contributed by atoms with Crippen molar-refractivity contribution < 1.29 is 0 Å². The van der Waals surface area contributed by atoms with E-state index in [1.165, 1.54) is 0 Å². The number of fused-ring (bicyclic) bond motifs is 1. The van der Waals surface area contributed by atoms with Crippen LogP contribution in [0.25, 0.3) is 5.65 Å². The third-order valence-corrected chi connectivity index (χ3v) is 2.22. The van der Waals surface area contributed by atoms with Crippen molar-refractivity contribution in [1.82, 2.24) is 14.6 Å². The average Bonchev–Trinajstić information content (AvgIpc) is 2.63. The molecule has 0 aliphatic rings. The molecule has 4 heteroatoms. The van der Waals surface area contributed by atoms with Gasteiger partial charge in [-0.25, -0.2) is 9.50 Å². The van der Waals surface area contributed by atoms with Crippen molar-refractivity contribution in [2.45, 2.75) is 12.8 Å². The summed E-state index contributed by atoms with van der Waals surface area (Å²) in [5.41, 5.74) is 7.66. The van der Waals surface area contributed by atoms with E-state index in [9.17, 15) is 0 Å². The van der Waals surface area contributed by atoms with Gasteiger partial charge in [0, 0.05) is 11.8 Å². The minimum absolute atomic E-state index is 0.327. The molecule has 2 rings (SSSR count). The first-order valence-electron chi connectivity index (χ1n) is 4.31. The molecule has 1 unspecified atom stereocenters. The van der Waals surface area contributed by atoms with Gasteiger partial charge in [0.25, 0.3) is 0 Å². The summed E-state index contributed by atoms with van der Waals surface area (Å²) in [6.07, 6.45) is 3.44. The van der Waals surface area contributed by atoms with Gasteiger partial charge in [-0.1, -0.05) is 13.0 Å². The van der Waals surface area contributed by atoms with Crippen molar-refractivity contribution in [2.75, 3.05) is 6.54 Å². The Morgan fingerprint density at radius 3 is 3.23 bits per heavy atom. The SMILES string of the molecule is CC(CN)c1cccn2ncnc12. The minimum atomic E-state index is 0.327. The van der Waals surface area contributed by atoms with E-state index in [1.807, 2.05) is 18.3 Å². The highest BCUT2D eigenvalue weighted by atomic mass is 15.3. The van der Waals surface area contributed by atoms with Gasteiger partial charge in [-0.15, -0.1) is 0 Å². The van der Waals surface area contributed by atoms with E-state index >= 15 is 0 Å². The highest BCUT2D eigenvalue weighted by Gasteiger charge is 2.08. The fourth-order valence-corrected chi connectivity index (χ4v) is 1.38. The summed E-state index contributed by atoms with van der Waals surface area (Å²) in [7, 11) is 0. The van der Waals surface area contributed by atoms with Crippen LogP contribution in [0.5, 0.6) is 0 Å². The van der Waals surface area contributed by atoms with Crippen LogP contribution in [0.1, 0.15) is 18.4 Å². The Morgan fingerprint density at radius 2 is 2.46 bits per heavy atom. The smallest absolute Gasteiger partial charge is 0.158 e. The van der Waals surface area contributed by atoms with Crippen LogP contribution >= 0.6 is 0 Å². The second kappa shape index (κ2) is 3.14. The summed E-state index contributed by atoms with van der Waals surface area (Å²) in [4.78, 5) is 4.18. The van der Waals surface area contributed by atoms with E-state index in [4.69, 9.17) is 5.73 Å². The van der Waals surface area contributed by atoms with Gasteiger partial charge < -0.3 is 5.73 Å². The molecular formula is C9H12N4. The van der Waals surface area contributed by atoms with Gasteiger partial charge in [0.2, 0.25) is 0 Å². The zero-order chi connectivity index (χ0) is 9.26. The first-order valence-corrected chi connectivity index (χ1v) is 4.31. The summed E-state index contributed by atoms with van der Waals surface area (Å²) >= 11 is 0. The largest absolute Gasteiger partial charge is 0.330 e. The summed E-state index contributed by atoms with van der Waals surface area (Å²) in [6.45, 7) is 2.72. The molecular weight excluding hydrogens is 164 g/mol. The third-order valence-electron chi connectivity index (χ3n) is 2.22. The molecule has 1 atom stereocenters. The van der Waals surface area contributed by atoms with Gasteiger partial charge in [0.15, 0.2) is 5.65 Å². The maximum atomic E-state index is 5.61. The van der Waals surface area contributed by atoms with Crippen molar-refractivity contribution >= 4 is 5.65 Å². The summed E-state index contributed by atoms with van der Waals surface area (Å²) in [5, 5.41) is 4.06. The van der Waals surface area contributed by atoms with Crippen LogP contribution in [0.3, 0.4) is 0 Å². The Hall–Kier alpha value is -1.42. The predicted molar refractivity (Wildman–Crippen MR) is 50.5 cm³/mol. The Morgan fingerprint density at radius 1 is 1.62 bits per heavy atom. The third kappa shape index (κ3) is 1.29. The zero-order valence-corrected chi connectivity index (χ0v) is 7.51. The first kappa shape index (κ1) is 8.19. The quantitative estimate of drug-likeness (QED) is 0.736. The maximum absolute atomic E-state index is 5.61. The van der Waals surface area contributed by atoms with E-state index in [0.29, 0.717) is 12.5 Å². The van der Waals surface area contributed by atoms with Crippen LogP contribution in [0, 0.1) is 0 Å². The number of hydrogen-bond acceptors (Lipinski definition) is 3. The second-order valence-corrected chi connectivity index (χ2v) is 3.13. The van der Waals surface area contributed by atoms with Crippen LogP contribution in [0.4, 0.5) is 0 Å². The molecule has 2 N–H and O–H groups in total. The van der Waals surface area contributed by atoms with Crippen LogP contribution in [-0.4, -0.2) is 21.1 Å². The highest BCUT2D eigenvalue weighted by molar-refractivity contribution is 5.48. The Balaban J connectivity index is 2.60. The van der Waals surface area contributed by atoms with E-state index in [0.717, 1.165) is 11.2 Å². The molecule has 0 fully saturated rings. The minimum Gasteiger partial charge on any atom is -0.330 e. The van der Waals surface area contributed by atoms with Crippen LogP contribution in [-0.2, 0) is 0 Å². The van der Waals surface area contributed by atoms with Gasteiger partial charge in [0.1, 0.15) is 6.33 Å². The van der Waals surface area contributed by atoms with Gasteiger partial charge in [-0.2, -0.15) is 5.10 Å². The molecule has 0 amide bonds. The number of nitrogens with zero attached hydrogens (tertiary/aromatic N) is 3. The second-order valence-electron chi connectivity index (χ2n) is 3.13. The molecule has 13 heavy (non-hydrogen) atoms. The molecule has 0 aliphatic carbocycles. The molecule has 0 spiro atoms. The van der Waals surface area contributed by atoms with Gasteiger partial charge >= 0.3 is 0 Å². The lowest BCUT2D eigenvalue weighted by Crippen LogP contribution is -2.10. The monoisotopic (exact) mass is 176 g/mol. The Labute approximate surface area is 76.4 Å². The van der Waals surface area contributed by atoms with E-state index in [-0.39, 0.29) is 0 Å². The molecule has 68 valence electrons. The normalized spacial score (nSPS) is 13.4. The van der Waals surface area contributed by atoms with Crippen LogP contribution in [0.15, 0.2) is 24.7 Å². The van der Waals surface area contributed by atoms with Crippen molar-refractivity contribution in [3.05, 3.63) is 30.2 Å². The fraction of sp³-hybridized carbons (Fsp3) is 0.333. The highest BCUT2D eigenvalue weighted by Crippen LogP contribution is 2.17. The summed E-state index contributed by atoms with van der Waals surface area (Å²) in [5.74, 6) is 0.327. The molecule has 4 nitrogen and oxygen atoms in total. The molecule has 0 aliphatic heterocycles. The van der Waals surface area contributed by atoms with E-state index < -0.39 is 0 Å². The number of rotatable bonds is 2. The topological polar surface area (TPSA) is 56.2 Å². The van der Waals surface area contributed by atoms with Crippen LogP contribution < -0.4 is 5.73 Å². The molecule has 2 heterocycles. The maximum Gasteiger partial charge on any atom is 0.158 e. The lowest BCUT2D eigenvalue weighted by atomic mass is 10.0. The van der Waals surface area contributed by atoms with Crippen LogP contribution in [0.2, 0.25) is 0 Å². The van der Waals surface area contributed by atoms with Gasteiger partial charge in [-0.05, 0) is 18.5 Å².